The van der Waals surface area contributed by atoms with Crippen molar-refractivity contribution in [1.82, 2.24) is 5.01 Å². The quantitative estimate of drug-likeness (QED) is 0.524. The molecule has 0 bridgehead atoms. The molecule has 0 aromatic rings. The molecule has 2 saturated carbocycles. The van der Waals surface area contributed by atoms with Crippen LogP contribution in [0, 0.1) is 11.8 Å². The van der Waals surface area contributed by atoms with Crippen LogP contribution in [-0.2, 0) is 0 Å². The Morgan fingerprint density at radius 2 is 1.69 bits per heavy atom. The highest BCUT2D eigenvalue weighted by molar-refractivity contribution is 4.88. The van der Waals surface area contributed by atoms with Gasteiger partial charge in [-0.15, -0.1) is 0 Å². The van der Waals surface area contributed by atoms with Gasteiger partial charge in [-0.1, -0.05) is 32.1 Å². The summed E-state index contributed by atoms with van der Waals surface area (Å²) in [6.45, 7) is 0. The molecule has 2 fully saturated rings. The van der Waals surface area contributed by atoms with Crippen LogP contribution in [0.1, 0.15) is 44.9 Å². The van der Waals surface area contributed by atoms with Crippen molar-refractivity contribution in [3.05, 3.63) is 0 Å². The zero-order valence-corrected chi connectivity index (χ0v) is 8.71. The zero-order chi connectivity index (χ0) is 9.26. The van der Waals surface area contributed by atoms with Crippen LogP contribution in [-0.4, -0.2) is 18.1 Å². The molecule has 2 nitrogen and oxygen atoms in total. The van der Waals surface area contributed by atoms with Crippen molar-refractivity contribution in [3.8, 4) is 0 Å². The van der Waals surface area contributed by atoms with Crippen LogP contribution in [0.5, 0.6) is 0 Å². The molecule has 2 N–H and O–H groups in total. The Balaban J connectivity index is 1.96. The maximum absolute atomic E-state index is 5.89. The van der Waals surface area contributed by atoms with E-state index >= 15 is 0 Å². The molecule has 2 heteroatoms. The fourth-order valence-corrected chi connectivity index (χ4v) is 3.41. The lowest BCUT2D eigenvalue weighted by Gasteiger charge is -2.29. The molecule has 0 aromatic heterocycles. The first-order valence-electron chi connectivity index (χ1n) is 5.76. The van der Waals surface area contributed by atoms with Gasteiger partial charge in [0.2, 0.25) is 0 Å². The van der Waals surface area contributed by atoms with Crippen LogP contribution in [0.3, 0.4) is 0 Å². The molecule has 0 amide bonds. The van der Waals surface area contributed by atoms with E-state index in [0.717, 1.165) is 11.8 Å². The summed E-state index contributed by atoms with van der Waals surface area (Å²) in [4.78, 5) is 0. The smallest absolute Gasteiger partial charge is 0.0268 e. The Morgan fingerprint density at radius 3 is 2.31 bits per heavy atom. The predicted octanol–water partition coefficient (Wildman–Crippen LogP) is 2.15. The van der Waals surface area contributed by atoms with Gasteiger partial charge >= 0.3 is 0 Å². The fraction of sp³-hybridized carbons (Fsp3) is 1.00. The van der Waals surface area contributed by atoms with Gasteiger partial charge in [-0.05, 0) is 24.7 Å². The third-order valence-corrected chi connectivity index (χ3v) is 4.06. The van der Waals surface area contributed by atoms with Gasteiger partial charge in [-0.3, -0.25) is 5.84 Å². The summed E-state index contributed by atoms with van der Waals surface area (Å²) < 4.78 is 0. The van der Waals surface area contributed by atoms with Gasteiger partial charge in [0.25, 0.3) is 0 Å². The molecule has 0 heterocycles. The first kappa shape index (κ1) is 9.47. The SMILES string of the molecule is CN(N)C1CCCC1C1CCCC1. The number of hydrogen-bond acceptors (Lipinski definition) is 2. The largest absolute Gasteiger partial charge is 0.269 e. The molecular weight excluding hydrogens is 160 g/mol. The Morgan fingerprint density at radius 1 is 1.00 bits per heavy atom. The molecule has 2 aliphatic carbocycles. The average molecular weight is 182 g/mol. The minimum atomic E-state index is 0.683. The average Bonchev–Trinajstić information content (AvgIpc) is 2.74. The molecule has 0 saturated heterocycles. The van der Waals surface area contributed by atoms with E-state index < -0.39 is 0 Å². The summed E-state index contributed by atoms with van der Waals surface area (Å²) in [5.41, 5.74) is 0. The monoisotopic (exact) mass is 182 g/mol. The standard InChI is InChI=1S/C11H22N2/c1-13(12)11-8-4-7-10(11)9-5-2-3-6-9/h9-11H,2-8,12H2,1H3. The maximum atomic E-state index is 5.89. The van der Waals surface area contributed by atoms with Gasteiger partial charge in [-0.25, -0.2) is 5.01 Å². The van der Waals surface area contributed by atoms with Crippen LogP contribution in [0.15, 0.2) is 0 Å². The number of rotatable bonds is 2. The van der Waals surface area contributed by atoms with E-state index in [1.807, 2.05) is 12.1 Å². The van der Waals surface area contributed by atoms with Crippen LogP contribution in [0.2, 0.25) is 0 Å². The lowest BCUT2D eigenvalue weighted by molar-refractivity contribution is 0.159. The summed E-state index contributed by atoms with van der Waals surface area (Å²) in [6, 6.07) is 0.683. The third kappa shape index (κ3) is 1.89. The fourth-order valence-electron chi connectivity index (χ4n) is 3.41. The molecule has 13 heavy (non-hydrogen) atoms. The lowest BCUT2D eigenvalue weighted by atomic mass is 9.86. The Kier molecular flexibility index (Phi) is 2.89. The van der Waals surface area contributed by atoms with Crippen LogP contribution >= 0.6 is 0 Å². The van der Waals surface area contributed by atoms with Gasteiger partial charge in [0.1, 0.15) is 0 Å². The number of hydrogen-bond donors (Lipinski definition) is 1. The lowest BCUT2D eigenvalue weighted by Crippen LogP contribution is -2.41. The molecule has 2 unspecified atom stereocenters. The molecule has 2 rings (SSSR count). The topological polar surface area (TPSA) is 29.3 Å². The second kappa shape index (κ2) is 3.97. The molecule has 2 aliphatic rings. The summed E-state index contributed by atoms with van der Waals surface area (Å²) in [7, 11) is 2.04. The second-order valence-corrected chi connectivity index (χ2v) is 4.87. The van der Waals surface area contributed by atoms with Crippen LogP contribution in [0.25, 0.3) is 0 Å². The van der Waals surface area contributed by atoms with E-state index in [2.05, 4.69) is 0 Å². The van der Waals surface area contributed by atoms with Crippen molar-refractivity contribution in [2.24, 2.45) is 17.7 Å². The minimum Gasteiger partial charge on any atom is -0.269 e. The van der Waals surface area contributed by atoms with Crippen molar-refractivity contribution < 1.29 is 0 Å². The minimum absolute atomic E-state index is 0.683. The third-order valence-electron chi connectivity index (χ3n) is 4.06. The van der Waals surface area contributed by atoms with Crippen molar-refractivity contribution in [2.45, 2.75) is 51.0 Å². The maximum Gasteiger partial charge on any atom is 0.0268 e. The van der Waals surface area contributed by atoms with Crippen LogP contribution < -0.4 is 5.84 Å². The summed E-state index contributed by atoms with van der Waals surface area (Å²) >= 11 is 0. The van der Waals surface area contributed by atoms with Crippen molar-refractivity contribution in [1.29, 1.82) is 0 Å². The summed E-state index contributed by atoms with van der Waals surface area (Å²) in [6.07, 6.45) is 10.0. The highest BCUT2D eigenvalue weighted by atomic mass is 15.4. The molecule has 0 spiro atoms. The Bertz CT molecular complexity index is 161. The molecule has 0 aromatic carbocycles. The van der Waals surface area contributed by atoms with E-state index in [1.165, 1.54) is 44.9 Å². The predicted molar refractivity (Wildman–Crippen MR) is 55.0 cm³/mol. The van der Waals surface area contributed by atoms with Crippen LogP contribution in [0.4, 0.5) is 0 Å². The normalized spacial score (nSPS) is 36.2. The summed E-state index contributed by atoms with van der Waals surface area (Å²) in [5.74, 6) is 7.80. The van der Waals surface area contributed by atoms with E-state index in [4.69, 9.17) is 5.84 Å². The Hall–Kier alpha value is -0.0800. The molecule has 0 aliphatic heterocycles. The zero-order valence-electron chi connectivity index (χ0n) is 8.71. The van der Waals surface area contributed by atoms with E-state index in [0.29, 0.717) is 6.04 Å². The van der Waals surface area contributed by atoms with Gasteiger partial charge < -0.3 is 0 Å². The first-order valence-corrected chi connectivity index (χ1v) is 5.76. The van der Waals surface area contributed by atoms with Gasteiger partial charge in [-0.2, -0.15) is 0 Å². The molecule has 2 atom stereocenters. The van der Waals surface area contributed by atoms with Gasteiger partial charge in [0, 0.05) is 13.1 Å². The second-order valence-electron chi connectivity index (χ2n) is 4.87. The molecule has 0 radical (unpaired) electrons. The van der Waals surface area contributed by atoms with E-state index in [1.54, 1.807) is 0 Å². The molecular formula is C11H22N2. The molecule has 76 valence electrons. The van der Waals surface area contributed by atoms with Crippen molar-refractivity contribution >= 4 is 0 Å². The van der Waals surface area contributed by atoms with E-state index in [-0.39, 0.29) is 0 Å². The van der Waals surface area contributed by atoms with Gasteiger partial charge in [0.05, 0.1) is 0 Å². The number of nitrogens with zero attached hydrogens (tertiary/aromatic N) is 1. The van der Waals surface area contributed by atoms with Crippen molar-refractivity contribution in [2.75, 3.05) is 7.05 Å². The number of hydrazine groups is 1. The van der Waals surface area contributed by atoms with Crippen molar-refractivity contribution in [3.63, 3.8) is 0 Å². The van der Waals surface area contributed by atoms with E-state index in [9.17, 15) is 0 Å². The Labute approximate surface area is 81.4 Å². The first-order chi connectivity index (χ1) is 6.29. The summed E-state index contributed by atoms with van der Waals surface area (Å²) in [5, 5.41) is 1.97. The van der Waals surface area contributed by atoms with Gasteiger partial charge in [0.15, 0.2) is 0 Å². The number of nitrogens with two attached hydrogens (primary N) is 1. The highest BCUT2D eigenvalue weighted by Crippen LogP contribution is 2.41. The highest BCUT2D eigenvalue weighted by Gasteiger charge is 2.36.